The average Bonchev–Trinajstić information content (AvgIpc) is 3.77. The molecule has 11 heteroatoms. The number of amides is 2. The second kappa shape index (κ2) is 13.4. The van der Waals surface area contributed by atoms with Gasteiger partial charge in [-0.05, 0) is 67.3 Å². The zero-order valence-corrected chi connectivity index (χ0v) is 26.6. The molecular formula is C34H36Cl2N6O3. The number of carbonyl (C=O) groups excluding carboxylic acids is 2. The number of benzene rings is 3. The van der Waals surface area contributed by atoms with Crippen LogP contribution in [0.3, 0.4) is 0 Å². The van der Waals surface area contributed by atoms with E-state index in [9.17, 15) is 14.9 Å². The van der Waals surface area contributed by atoms with Crippen molar-refractivity contribution in [3.8, 4) is 11.8 Å². The number of nitriles is 1. The van der Waals surface area contributed by atoms with Crippen LogP contribution >= 0.6 is 23.2 Å². The molecule has 3 fully saturated rings. The van der Waals surface area contributed by atoms with E-state index in [-0.39, 0.29) is 23.9 Å². The smallest absolute Gasteiger partial charge is 0.262 e. The van der Waals surface area contributed by atoms with Gasteiger partial charge in [0.05, 0.1) is 36.9 Å². The van der Waals surface area contributed by atoms with E-state index in [2.05, 4.69) is 26.9 Å². The van der Waals surface area contributed by atoms with Gasteiger partial charge in [-0.2, -0.15) is 5.26 Å². The maximum Gasteiger partial charge on any atom is 0.262 e. The van der Waals surface area contributed by atoms with E-state index in [0.29, 0.717) is 72.3 Å². The molecule has 3 atom stereocenters. The molecule has 0 radical (unpaired) electrons. The first-order valence-corrected chi connectivity index (χ1v) is 16.1. The lowest BCUT2D eigenvalue weighted by Crippen LogP contribution is -2.62. The number of rotatable bonds is 9. The van der Waals surface area contributed by atoms with Crippen LogP contribution in [0, 0.1) is 11.3 Å². The molecule has 0 spiro atoms. The number of ether oxygens (including phenoxy) is 1. The first kappa shape index (κ1) is 31.3. The Morgan fingerprint density at radius 2 is 1.51 bits per heavy atom. The van der Waals surface area contributed by atoms with Gasteiger partial charge in [0, 0.05) is 47.8 Å². The largest absolute Gasteiger partial charge is 0.493 e. The van der Waals surface area contributed by atoms with Crippen LogP contribution in [0.1, 0.15) is 54.1 Å². The van der Waals surface area contributed by atoms with Crippen molar-refractivity contribution in [1.29, 1.82) is 5.26 Å². The monoisotopic (exact) mass is 646 g/mol. The molecule has 3 N–H and O–H groups in total. The highest BCUT2D eigenvalue weighted by atomic mass is 35.5. The van der Waals surface area contributed by atoms with Gasteiger partial charge >= 0.3 is 0 Å². The van der Waals surface area contributed by atoms with Crippen molar-refractivity contribution < 1.29 is 14.3 Å². The van der Waals surface area contributed by atoms with Gasteiger partial charge in [-0.1, -0.05) is 53.5 Å². The fourth-order valence-corrected chi connectivity index (χ4v) is 6.44. The number of carbonyl (C=O) groups is 2. The molecule has 2 heterocycles. The van der Waals surface area contributed by atoms with E-state index in [0.717, 1.165) is 24.0 Å². The second-order valence-corrected chi connectivity index (χ2v) is 12.6. The van der Waals surface area contributed by atoms with E-state index in [4.69, 9.17) is 27.9 Å². The molecule has 6 rings (SSSR count). The molecule has 234 valence electrons. The van der Waals surface area contributed by atoms with E-state index >= 15 is 0 Å². The maximum atomic E-state index is 14.9. The first-order valence-electron chi connectivity index (χ1n) is 15.3. The molecule has 2 saturated heterocycles. The van der Waals surface area contributed by atoms with Crippen molar-refractivity contribution in [3.63, 3.8) is 0 Å². The SMILES string of the molecule is CCOc1cc(C#N)ccc1C1(C(=O)N2CCN(CC(=O)NC3CC3)CC2)N[C@H](c2ccc(Cl)cc2)[C@H](c2ccc(Cl)cc2)N1. The second-order valence-electron chi connectivity index (χ2n) is 11.8. The average molecular weight is 648 g/mol. The predicted molar refractivity (Wildman–Crippen MR) is 173 cm³/mol. The molecule has 3 aromatic carbocycles. The van der Waals surface area contributed by atoms with Gasteiger partial charge in [0.2, 0.25) is 5.91 Å². The summed E-state index contributed by atoms with van der Waals surface area (Å²) in [5.41, 5.74) is 1.51. The van der Waals surface area contributed by atoms with Crippen molar-refractivity contribution in [3.05, 3.63) is 99.0 Å². The molecule has 0 aromatic heterocycles. The summed E-state index contributed by atoms with van der Waals surface area (Å²) in [6.07, 6.45) is 2.09. The number of nitrogens with one attached hydrogen (secondary N) is 3. The van der Waals surface area contributed by atoms with Crippen molar-refractivity contribution in [1.82, 2.24) is 25.8 Å². The molecule has 1 unspecified atom stereocenters. The van der Waals surface area contributed by atoms with Gasteiger partial charge in [-0.25, -0.2) is 0 Å². The Labute approximate surface area is 273 Å². The van der Waals surface area contributed by atoms with Crippen molar-refractivity contribution in [2.24, 2.45) is 0 Å². The Morgan fingerprint density at radius 1 is 0.933 bits per heavy atom. The van der Waals surface area contributed by atoms with Crippen LogP contribution in [0.25, 0.3) is 0 Å². The summed E-state index contributed by atoms with van der Waals surface area (Å²) >= 11 is 12.5. The van der Waals surface area contributed by atoms with Gasteiger partial charge < -0.3 is 15.0 Å². The van der Waals surface area contributed by atoms with Crippen molar-refractivity contribution in [2.75, 3.05) is 39.3 Å². The van der Waals surface area contributed by atoms with E-state index < -0.39 is 5.66 Å². The van der Waals surface area contributed by atoms with Crippen molar-refractivity contribution >= 4 is 35.0 Å². The summed E-state index contributed by atoms with van der Waals surface area (Å²) in [5.74, 6) is 0.320. The lowest BCUT2D eigenvalue weighted by Gasteiger charge is -2.40. The van der Waals surface area contributed by atoms with Crippen LogP contribution in [-0.2, 0) is 15.3 Å². The fourth-order valence-electron chi connectivity index (χ4n) is 6.19. The van der Waals surface area contributed by atoms with Gasteiger partial charge in [0.15, 0.2) is 5.66 Å². The summed E-state index contributed by atoms with van der Waals surface area (Å²) in [6.45, 7) is 4.62. The van der Waals surface area contributed by atoms with Crippen LogP contribution in [0.2, 0.25) is 10.0 Å². The normalized spacial score (nSPS) is 23.4. The summed E-state index contributed by atoms with van der Waals surface area (Å²) in [7, 11) is 0. The summed E-state index contributed by atoms with van der Waals surface area (Å²) in [5, 5.41) is 21.4. The van der Waals surface area contributed by atoms with E-state index in [1.54, 1.807) is 18.2 Å². The summed E-state index contributed by atoms with van der Waals surface area (Å²) in [4.78, 5) is 31.3. The summed E-state index contributed by atoms with van der Waals surface area (Å²) < 4.78 is 6.08. The number of piperazine rings is 1. The topological polar surface area (TPSA) is 110 Å². The van der Waals surface area contributed by atoms with Gasteiger partial charge in [-0.3, -0.25) is 25.1 Å². The van der Waals surface area contributed by atoms with Gasteiger partial charge in [0.25, 0.3) is 5.91 Å². The molecule has 2 amide bonds. The highest BCUT2D eigenvalue weighted by Gasteiger charge is 2.54. The van der Waals surface area contributed by atoms with Crippen LogP contribution in [0.5, 0.6) is 5.75 Å². The zero-order valence-electron chi connectivity index (χ0n) is 25.1. The molecule has 0 bridgehead atoms. The lowest BCUT2D eigenvalue weighted by molar-refractivity contribution is -0.141. The van der Waals surface area contributed by atoms with Crippen LogP contribution < -0.4 is 20.7 Å². The van der Waals surface area contributed by atoms with Crippen molar-refractivity contribution in [2.45, 2.75) is 43.6 Å². The van der Waals surface area contributed by atoms with Crippen LogP contribution in [-0.4, -0.2) is 67.0 Å². The highest BCUT2D eigenvalue weighted by molar-refractivity contribution is 6.30. The van der Waals surface area contributed by atoms with Crippen LogP contribution in [0.15, 0.2) is 66.7 Å². The predicted octanol–water partition coefficient (Wildman–Crippen LogP) is 4.51. The third-order valence-electron chi connectivity index (χ3n) is 8.64. The molecule has 9 nitrogen and oxygen atoms in total. The Kier molecular flexibility index (Phi) is 9.31. The molecule has 2 aliphatic heterocycles. The third-order valence-corrected chi connectivity index (χ3v) is 9.14. The molecular weight excluding hydrogens is 611 g/mol. The molecule has 45 heavy (non-hydrogen) atoms. The minimum atomic E-state index is -1.40. The minimum absolute atomic E-state index is 0.0309. The Morgan fingerprint density at radius 3 is 2.02 bits per heavy atom. The standard InChI is InChI=1S/C34H36Cl2N6O3/c1-2-45-29-19-22(20-37)3-14-28(29)34(33(44)42-17-15-41(16-18-42)21-30(43)38-27-12-13-27)39-31(23-4-8-25(35)9-5-23)32(40-34)24-6-10-26(36)11-7-24/h3-11,14,19,27,31-32,39-40H,2,12-13,15-18,21H2,1H3,(H,38,43)/t31-,32+,34?. The maximum absolute atomic E-state index is 14.9. The number of nitrogens with zero attached hydrogens (tertiary/aromatic N) is 3. The van der Waals surface area contributed by atoms with Crippen LogP contribution in [0.4, 0.5) is 0 Å². The van der Waals surface area contributed by atoms with Gasteiger partial charge in [-0.15, -0.1) is 0 Å². The van der Waals surface area contributed by atoms with E-state index in [1.807, 2.05) is 60.4 Å². The number of halogens is 2. The molecule has 1 aliphatic carbocycles. The number of hydrogen-bond donors (Lipinski definition) is 3. The van der Waals surface area contributed by atoms with Gasteiger partial charge in [0.1, 0.15) is 5.75 Å². The number of hydrogen-bond acceptors (Lipinski definition) is 7. The Hall–Kier alpha value is -3.65. The quantitative estimate of drug-likeness (QED) is 0.314. The Bertz CT molecular complexity index is 1530. The summed E-state index contributed by atoms with van der Waals surface area (Å²) in [6, 6.07) is 22.2. The van der Waals surface area contributed by atoms with E-state index in [1.165, 1.54) is 0 Å². The molecule has 3 aliphatic rings. The third kappa shape index (κ3) is 6.81. The lowest BCUT2D eigenvalue weighted by atomic mass is 9.95. The Balaban J connectivity index is 1.38. The first-order chi connectivity index (χ1) is 21.8. The molecule has 3 aromatic rings. The fraction of sp³-hybridized carbons (Fsp3) is 0.382. The highest BCUT2D eigenvalue weighted by Crippen LogP contribution is 2.45. The molecule has 1 saturated carbocycles. The zero-order chi connectivity index (χ0) is 31.6. The minimum Gasteiger partial charge on any atom is -0.493 e.